The van der Waals surface area contributed by atoms with Gasteiger partial charge in [0.1, 0.15) is 0 Å². The van der Waals surface area contributed by atoms with Gasteiger partial charge in [-0.3, -0.25) is 9.78 Å². The number of aryl methyl sites for hydroxylation is 1. The smallest absolute Gasteiger partial charge is 0.231 e. The topological polar surface area (TPSA) is 60.5 Å². The molecular formula is C25H28N2O3. The number of benzene rings is 2. The van der Waals surface area contributed by atoms with Crippen molar-refractivity contribution in [2.24, 2.45) is 5.41 Å². The molecule has 0 spiro atoms. The lowest BCUT2D eigenvalue weighted by Crippen LogP contribution is -2.21. The SMILES string of the molecule is C.Cc1ccc(NC(=O)C2(C)CC2)cc1-c1ccncc1.c1ccc2c(c1)OCO2. The number of para-hydroxylation sites is 2. The quantitative estimate of drug-likeness (QED) is 0.595. The van der Waals surface area contributed by atoms with Crippen molar-refractivity contribution in [1.82, 2.24) is 4.98 Å². The van der Waals surface area contributed by atoms with E-state index in [2.05, 4.69) is 17.2 Å². The van der Waals surface area contributed by atoms with Gasteiger partial charge < -0.3 is 14.8 Å². The summed E-state index contributed by atoms with van der Waals surface area (Å²) in [5.74, 6) is 1.82. The average molecular weight is 405 g/mol. The van der Waals surface area contributed by atoms with Crippen LogP contribution in [-0.2, 0) is 4.79 Å². The van der Waals surface area contributed by atoms with E-state index in [1.54, 1.807) is 12.4 Å². The van der Waals surface area contributed by atoms with Crippen LogP contribution in [0.3, 0.4) is 0 Å². The molecule has 0 saturated heterocycles. The van der Waals surface area contributed by atoms with Gasteiger partial charge in [-0.2, -0.15) is 0 Å². The number of hydrogen-bond acceptors (Lipinski definition) is 4. The summed E-state index contributed by atoms with van der Waals surface area (Å²) < 4.78 is 10.2. The molecule has 0 unspecified atom stereocenters. The fourth-order valence-electron chi connectivity index (χ4n) is 3.08. The first-order valence-electron chi connectivity index (χ1n) is 9.72. The van der Waals surface area contributed by atoms with E-state index in [1.807, 2.05) is 61.5 Å². The van der Waals surface area contributed by atoms with Crippen molar-refractivity contribution in [3.8, 4) is 22.6 Å². The summed E-state index contributed by atoms with van der Waals surface area (Å²) in [6.07, 6.45) is 5.54. The third-order valence-corrected chi connectivity index (χ3v) is 5.31. The molecule has 2 heterocycles. The Kier molecular flexibility index (Phi) is 6.40. The molecule has 5 nitrogen and oxygen atoms in total. The van der Waals surface area contributed by atoms with Crippen molar-refractivity contribution < 1.29 is 14.3 Å². The number of fused-ring (bicyclic) bond motifs is 1. The van der Waals surface area contributed by atoms with E-state index in [0.717, 1.165) is 41.2 Å². The highest BCUT2D eigenvalue weighted by Gasteiger charge is 2.44. The van der Waals surface area contributed by atoms with Gasteiger partial charge in [0.25, 0.3) is 0 Å². The molecule has 3 aromatic rings. The zero-order valence-electron chi connectivity index (χ0n) is 16.6. The van der Waals surface area contributed by atoms with E-state index in [1.165, 1.54) is 5.56 Å². The average Bonchev–Trinajstić information content (AvgIpc) is 3.33. The van der Waals surface area contributed by atoms with Gasteiger partial charge in [-0.25, -0.2) is 0 Å². The fourth-order valence-corrected chi connectivity index (χ4v) is 3.08. The van der Waals surface area contributed by atoms with E-state index in [0.29, 0.717) is 6.79 Å². The lowest BCUT2D eigenvalue weighted by molar-refractivity contribution is -0.120. The van der Waals surface area contributed by atoms with Crippen molar-refractivity contribution >= 4 is 11.6 Å². The molecule has 0 atom stereocenters. The second kappa shape index (κ2) is 8.99. The Morgan fingerprint density at radius 1 is 1.00 bits per heavy atom. The largest absolute Gasteiger partial charge is 0.454 e. The molecule has 5 rings (SSSR count). The van der Waals surface area contributed by atoms with Gasteiger partial charge in [0, 0.05) is 23.5 Å². The van der Waals surface area contributed by atoms with Crippen molar-refractivity contribution in [3.05, 3.63) is 72.6 Å². The molecule has 156 valence electrons. The van der Waals surface area contributed by atoms with E-state index < -0.39 is 0 Å². The first-order valence-corrected chi connectivity index (χ1v) is 9.72. The molecule has 1 aromatic heterocycles. The molecule has 1 saturated carbocycles. The van der Waals surface area contributed by atoms with Gasteiger partial charge in [-0.15, -0.1) is 0 Å². The minimum absolute atomic E-state index is 0. The molecule has 2 aliphatic rings. The maximum atomic E-state index is 12.1. The van der Waals surface area contributed by atoms with E-state index >= 15 is 0 Å². The minimum atomic E-state index is -0.151. The van der Waals surface area contributed by atoms with E-state index in [9.17, 15) is 4.79 Å². The van der Waals surface area contributed by atoms with Crippen molar-refractivity contribution in [2.75, 3.05) is 12.1 Å². The zero-order valence-corrected chi connectivity index (χ0v) is 16.6. The van der Waals surface area contributed by atoms with Gasteiger partial charge in [-0.05, 0) is 72.9 Å². The van der Waals surface area contributed by atoms with Crippen LogP contribution in [0.2, 0.25) is 0 Å². The number of carbonyl (C=O) groups is 1. The number of aromatic nitrogens is 1. The highest BCUT2D eigenvalue weighted by Crippen LogP contribution is 2.45. The van der Waals surface area contributed by atoms with Crippen molar-refractivity contribution in [3.63, 3.8) is 0 Å². The highest BCUT2D eigenvalue weighted by atomic mass is 16.7. The monoisotopic (exact) mass is 404 g/mol. The van der Waals surface area contributed by atoms with Gasteiger partial charge in [0.15, 0.2) is 11.5 Å². The van der Waals surface area contributed by atoms with Gasteiger partial charge in [0.2, 0.25) is 12.7 Å². The van der Waals surface area contributed by atoms with Gasteiger partial charge >= 0.3 is 0 Å². The number of nitrogens with zero attached hydrogens (tertiary/aromatic N) is 1. The summed E-state index contributed by atoms with van der Waals surface area (Å²) in [5, 5.41) is 3.03. The number of carbonyl (C=O) groups excluding carboxylic acids is 1. The number of anilines is 1. The lowest BCUT2D eigenvalue weighted by atomic mass is 10.0. The van der Waals surface area contributed by atoms with E-state index in [4.69, 9.17) is 9.47 Å². The summed E-state index contributed by atoms with van der Waals surface area (Å²) in [4.78, 5) is 16.2. The Balaban J connectivity index is 0.000000214. The number of amides is 1. The molecule has 1 amide bonds. The second-order valence-corrected chi connectivity index (χ2v) is 7.63. The first kappa shape index (κ1) is 21.4. The van der Waals surface area contributed by atoms with Crippen LogP contribution in [0.1, 0.15) is 32.8 Å². The predicted molar refractivity (Wildman–Crippen MR) is 120 cm³/mol. The Morgan fingerprint density at radius 3 is 2.23 bits per heavy atom. The summed E-state index contributed by atoms with van der Waals surface area (Å²) in [6, 6.07) is 17.6. The van der Waals surface area contributed by atoms with Crippen LogP contribution >= 0.6 is 0 Å². The van der Waals surface area contributed by atoms with Gasteiger partial charge in [-0.1, -0.05) is 32.5 Å². The number of pyridine rings is 1. The molecule has 1 N–H and O–H groups in total. The molecule has 1 aliphatic carbocycles. The molecule has 0 bridgehead atoms. The normalized spacial score (nSPS) is 14.6. The van der Waals surface area contributed by atoms with Gasteiger partial charge in [0.05, 0.1) is 0 Å². The van der Waals surface area contributed by atoms with Crippen molar-refractivity contribution in [1.29, 1.82) is 0 Å². The standard InChI is InChI=1S/C17H18N2O.C7H6O2.CH4/c1-12-3-4-14(19-16(20)17(2)7-8-17)11-15(12)13-5-9-18-10-6-13;1-2-4-7-6(3-1)8-5-9-7;/h3-6,9-11H,7-8H2,1-2H3,(H,19,20);1-4H,5H2;1H4. The Labute approximate surface area is 178 Å². The minimum Gasteiger partial charge on any atom is -0.454 e. The predicted octanol–water partition coefficient (Wildman–Crippen LogP) is 5.85. The molecule has 0 radical (unpaired) electrons. The number of nitrogens with one attached hydrogen (secondary N) is 1. The fraction of sp³-hybridized carbons (Fsp3) is 0.280. The van der Waals surface area contributed by atoms with Crippen LogP contribution in [0.5, 0.6) is 11.5 Å². The van der Waals surface area contributed by atoms with Crippen LogP contribution in [0.15, 0.2) is 67.0 Å². The summed E-state index contributed by atoms with van der Waals surface area (Å²) in [5.41, 5.74) is 4.14. The third-order valence-electron chi connectivity index (χ3n) is 5.31. The van der Waals surface area contributed by atoms with E-state index in [-0.39, 0.29) is 18.7 Å². The Hall–Kier alpha value is -3.34. The number of ether oxygens (including phenoxy) is 2. The summed E-state index contributed by atoms with van der Waals surface area (Å²) in [7, 11) is 0. The molecule has 1 aliphatic heterocycles. The second-order valence-electron chi connectivity index (χ2n) is 7.63. The lowest BCUT2D eigenvalue weighted by Gasteiger charge is -2.13. The van der Waals surface area contributed by atoms with Crippen LogP contribution < -0.4 is 14.8 Å². The third kappa shape index (κ3) is 4.79. The number of hydrogen-bond donors (Lipinski definition) is 1. The summed E-state index contributed by atoms with van der Waals surface area (Å²) >= 11 is 0. The van der Waals surface area contributed by atoms with Crippen LogP contribution in [-0.4, -0.2) is 17.7 Å². The number of rotatable bonds is 3. The van der Waals surface area contributed by atoms with Crippen molar-refractivity contribution in [2.45, 2.75) is 34.1 Å². The molecular weight excluding hydrogens is 376 g/mol. The summed E-state index contributed by atoms with van der Waals surface area (Å²) in [6.45, 7) is 4.45. The molecule has 2 aromatic carbocycles. The zero-order chi connectivity index (χ0) is 20.3. The first-order chi connectivity index (χ1) is 14.0. The van der Waals surface area contributed by atoms with Crippen LogP contribution in [0.25, 0.3) is 11.1 Å². The maximum Gasteiger partial charge on any atom is 0.231 e. The Bertz CT molecular complexity index is 991. The van der Waals surface area contributed by atoms with Crippen LogP contribution in [0, 0.1) is 12.3 Å². The molecule has 30 heavy (non-hydrogen) atoms. The Morgan fingerprint density at radius 2 is 1.63 bits per heavy atom. The molecule has 5 heteroatoms. The highest BCUT2D eigenvalue weighted by molar-refractivity contribution is 5.97. The molecule has 1 fully saturated rings. The van der Waals surface area contributed by atoms with Crippen LogP contribution in [0.4, 0.5) is 5.69 Å². The maximum absolute atomic E-state index is 12.1.